The van der Waals surface area contributed by atoms with E-state index >= 15 is 0 Å². The lowest BCUT2D eigenvalue weighted by Crippen LogP contribution is -2.62. The average molecular weight is 533 g/mol. The lowest BCUT2D eigenvalue weighted by Gasteiger charge is -2.47. The number of nitrogens with zero attached hydrogens (tertiary/aromatic N) is 6. The molecule has 1 amide bonds. The highest BCUT2D eigenvalue weighted by Crippen LogP contribution is 2.33. The van der Waals surface area contributed by atoms with Crippen molar-refractivity contribution in [1.82, 2.24) is 29.8 Å². The van der Waals surface area contributed by atoms with E-state index < -0.39 is 17.0 Å². The molecule has 0 radical (unpaired) electrons. The molecule has 39 heavy (non-hydrogen) atoms. The second kappa shape index (κ2) is 10.1. The lowest BCUT2D eigenvalue weighted by molar-refractivity contribution is 0.000306. The van der Waals surface area contributed by atoms with Crippen molar-refractivity contribution >= 4 is 28.8 Å². The van der Waals surface area contributed by atoms with Gasteiger partial charge in [-0.2, -0.15) is 0 Å². The molecule has 0 saturated carbocycles. The molecule has 1 saturated heterocycles. The number of hydrogen-bond donors (Lipinski definition) is 2. The molecule has 0 spiro atoms. The summed E-state index contributed by atoms with van der Waals surface area (Å²) in [7, 11) is 0. The number of H-pyrrole nitrogens is 1. The third kappa shape index (κ3) is 5.62. The number of pyridine rings is 2. The number of fused-ring (bicyclic) bond motifs is 1. The van der Waals surface area contributed by atoms with Crippen LogP contribution in [0.4, 0.5) is 20.8 Å². The Balaban J connectivity index is 1.32. The predicted octanol–water partition coefficient (Wildman–Crippen LogP) is 5.00. The monoisotopic (exact) mass is 532 g/mol. The van der Waals surface area contributed by atoms with Gasteiger partial charge in [-0.15, -0.1) is 0 Å². The zero-order valence-electron chi connectivity index (χ0n) is 22.8. The summed E-state index contributed by atoms with van der Waals surface area (Å²) >= 11 is 0. The number of aromatic amines is 1. The van der Waals surface area contributed by atoms with Crippen molar-refractivity contribution in [2.45, 2.75) is 52.3 Å². The number of amides is 1. The van der Waals surface area contributed by atoms with E-state index in [4.69, 9.17) is 9.72 Å². The van der Waals surface area contributed by atoms with Gasteiger partial charge in [-0.25, -0.2) is 24.1 Å². The van der Waals surface area contributed by atoms with E-state index in [0.717, 1.165) is 11.5 Å². The van der Waals surface area contributed by atoms with Crippen molar-refractivity contribution in [3.8, 4) is 11.1 Å². The van der Waals surface area contributed by atoms with Gasteiger partial charge in [0.05, 0.1) is 29.4 Å². The zero-order chi connectivity index (χ0) is 27.8. The summed E-state index contributed by atoms with van der Waals surface area (Å²) in [6.45, 7) is 11.9. The zero-order valence-corrected chi connectivity index (χ0v) is 22.8. The van der Waals surface area contributed by atoms with E-state index in [1.807, 2.05) is 52.8 Å². The van der Waals surface area contributed by atoms with E-state index in [1.165, 1.54) is 12.5 Å². The molecule has 10 nitrogen and oxygen atoms in total. The number of carbonyl (C=O) groups is 1. The molecular formula is C28H33FN8O2. The van der Waals surface area contributed by atoms with E-state index in [9.17, 15) is 9.18 Å². The van der Waals surface area contributed by atoms with Crippen LogP contribution in [0.2, 0.25) is 0 Å². The maximum atomic E-state index is 14.5. The molecule has 4 aromatic heterocycles. The van der Waals surface area contributed by atoms with E-state index in [-0.39, 0.29) is 6.09 Å². The van der Waals surface area contributed by atoms with Crippen LogP contribution in [0.5, 0.6) is 0 Å². The van der Waals surface area contributed by atoms with Crippen LogP contribution in [-0.4, -0.2) is 66.7 Å². The first-order valence-electron chi connectivity index (χ1n) is 12.9. The summed E-state index contributed by atoms with van der Waals surface area (Å²) in [4.78, 5) is 37.3. The van der Waals surface area contributed by atoms with Gasteiger partial charge in [0.15, 0.2) is 0 Å². The Kier molecular flexibility index (Phi) is 6.83. The highest BCUT2D eigenvalue weighted by molar-refractivity contribution is 6.00. The number of rotatable bonds is 5. The van der Waals surface area contributed by atoms with Gasteiger partial charge in [0.25, 0.3) is 0 Å². The number of halogens is 1. The first kappa shape index (κ1) is 26.3. The quantitative estimate of drug-likeness (QED) is 0.369. The fourth-order valence-corrected chi connectivity index (χ4v) is 4.82. The normalized spacial score (nSPS) is 15.4. The van der Waals surface area contributed by atoms with Gasteiger partial charge in [0, 0.05) is 43.2 Å². The largest absolute Gasteiger partial charge is 0.444 e. The summed E-state index contributed by atoms with van der Waals surface area (Å²) in [5, 5.41) is 4.04. The molecule has 1 aliphatic rings. The summed E-state index contributed by atoms with van der Waals surface area (Å²) < 4.78 is 20.1. The topological polar surface area (TPSA) is 112 Å². The molecule has 1 aliphatic heterocycles. The molecule has 1 fully saturated rings. The fourth-order valence-electron chi connectivity index (χ4n) is 4.82. The van der Waals surface area contributed by atoms with E-state index in [1.54, 1.807) is 23.4 Å². The number of carbonyl (C=O) groups excluding carboxylic acids is 1. The Morgan fingerprint density at radius 3 is 2.74 bits per heavy atom. The van der Waals surface area contributed by atoms with Crippen LogP contribution in [0, 0.1) is 5.82 Å². The maximum absolute atomic E-state index is 14.5. The van der Waals surface area contributed by atoms with Gasteiger partial charge in [-0.3, -0.25) is 9.88 Å². The van der Waals surface area contributed by atoms with Crippen molar-refractivity contribution in [2.75, 3.05) is 29.9 Å². The minimum absolute atomic E-state index is 0.301. The Labute approximate surface area is 226 Å². The minimum Gasteiger partial charge on any atom is -0.444 e. The van der Waals surface area contributed by atoms with Gasteiger partial charge in [0.1, 0.15) is 35.0 Å². The van der Waals surface area contributed by atoms with Gasteiger partial charge in [-0.05, 0) is 52.8 Å². The molecule has 5 heterocycles. The standard InChI is InChI=1S/C28H33FN8O2/c1-27(2,3)39-26(38)37-12-11-36(16-28(37,4)5)22-8-6-7-18(35-22)13-31-24-23-20(14-32-25(23)34-17-33-24)19-9-10-30-15-21(19)29/h6-10,14-15,17H,11-13,16H2,1-5H3,(H2,31,32,33,34). The van der Waals surface area contributed by atoms with Gasteiger partial charge >= 0.3 is 6.09 Å². The van der Waals surface area contributed by atoms with Crippen molar-refractivity contribution in [3.05, 3.63) is 60.7 Å². The molecule has 0 atom stereocenters. The summed E-state index contributed by atoms with van der Waals surface area (Å²) in [6.07, 6.45) is 5.63. The van der Waals surface area contributed by atoms with Crippen LogP contribution in [0.1, 0.15) is 40.3 Å². The molecule has 204 valence electrons. The van der Waals surface area contributed by atoms with Gasteiger partial charge < -0.3 is 19.9 Å². The van der Waals surface area contributed by atoms with Crippen LogP contribution in [0.15, 0.2) is 49.2 Å². The van der Waals surface area contributed by atoms with Crippen LogP contribution in [0.3, 0.4) is 0 Å². The first-order chi connectivity index (χ1) is 18.5. The maximum Gasteiger partial charge on any atom is 0.410 e. The number of ether oxygens (including phenoxy) is 1. The predicted molar refractivity (Wildman–Crippen MR) is 148 cm³/mol. The highest BCUT2D eigenvalue weighted by Gasteiger charge is 2.39. The SMILES string of the molecule is CC(C)(C)OC(=O)N1CCN(c2cccc(CNc3ncnc4[nH]cc(-c5ccncc5F)c34)n2)CC1(C)C. The number of anilines is 2. The summed E-state index contributed by atoms with van der Waals surface area (Å²) in [5.74, 6) is 0.990. The molecule has 5 rings (SSSR count). The summed E-state index contributed by atoms with van der Waals surface area (Å²) in [5.41, 5.74) is 1.51. The highest BCUT2D eigenvalue weighted by atomic mass is 19.1. The molecule has 2 N–H and O–H groups in total. The molecule has 4 aromatic rings. The second-order valence-electron chi connectivity index (χ2n) is 11.2. The second-order valence-corrected chi connectivity index (χ2v) is 11.2. The Bertz CT molecular complexity index is 1500. The van der Waals surface area contributed by atoms with Crippen LogP contribution in [-0.2, 0) is 11.3 Å². The first-order valence-corrected chi connectivity index (χ1v) is 12.9. The molecular weight excluding hydrogens is 499 g/mol. The minimum atomic E-state index is -0.546. The number of piperazine rings is 1. The van der Waals surface area contributed by atoms with Crippen LogP contribution in [0.25, 0.3) is 22.2 Å². The smallest absolute Gasteiger partial charge is 0.410 e. The number of aromatic nitrogens is 5. The number of nitrogens with one attached hydrogen (secondary N) is 2. The summed E-state index contributed by atoms with van der Waals surface area (Å²) in [6, 6.07) is 7.51. The average Bonchev–Trinajstić information content (AvgIpc) is 3.31. The molecule has 11 heteroatoms. The van der Waals surface area contributed by atoms with Crippen molar-refractivity contribution in [1.29, 1.82) is 0 Å². The Hall–Kier alpha value is -4.28. The third-order valence-electron chi connectivity index (χ3n) is 6.60. The lowest BCUT2D eigenvalue weighted by atomic mass is 9.99. The van der Waals surface area contributed by atoms with E-state index in [2.05, 4.69) is 30.2 Å². The molecule has 0 unspecified atom stereocenters. The van der Waals surface area contributed by atoms with Crippen LogP contribution < -0.4 is 10.2 Å². The Morgan fingerprint density at radius 2 is 2.00 bits per heavy atom. The van der Waals surface area contributed by atoms with Crippen molar-refractivity contribution < 1.29 is 13.9 Å². The van der Waals surface area contributed by atoms with Crippen molar-refractivity contribution in [3.63, 3.8) is 0 Å². The molecule has 0 aliphatic carbocycles. The van der Waals surface area contributed by atoms with E-state index in [0.29, 0.717) is 54.2 Å². The van der Waals surface area contributed by atoms with Gasteiger partial charge in [-0.1, -0.05) is 6.07 Å². The Morgan fingerprint density at radius 1 is 1.18 bits per heavy atom. The van der Waals surface area contributed by atoms with Gasteiger partial charge in [0.2, 0.25) is 0 Å². The molecule has 0 bridgehead atoms. The fraction of sp³-hybridized carbons (Fsp3) is 0.393. The number of hydrogen-bond acceptors (Lipinski definition) is 8. The van der Waals surface area contributed by atoms with Crippen LogP contribution >= 0.6 is 0 Å². The molecule has 0 aromatic carbocycles. The third-order valence-corrected chi connectivity index (χ3v) is 6.60. The van der Waals surface area contributed by atoms with Crippen molar-refractivity contribution in [2.24, 2.45) is 0 Å².